The van der Waals surface area contributed by atoms with E-state index in [1.165, 1.54) is 6.92 Å². The highest BCUT2D eigenvalue weighted by molar-refractivity contribution is 5.83. The number of carbonyl (C=O) groups is 3. The fourth-order valence-electron chi connectivity index (χ4n) is 2.09. The first-order valence-corrected chi connectivity index (χ1v) is 8.81. The Kier molecular flexibility index (Phi) is 13.6. The third-order valence-corrected chi connectivity index (χ3v) is 3.66. The van der Waals surface area contributed by atoms with E-state index < -0.39 is 11.8 Å². The SMILES string of the molecule is CC(=O)N(O)CCCCCNC(=O)CCC(=O)N(O)CCCCCN. The molecule has 0 radical (unpaired) electrons. The summed E-state index contributed by atoms with van der Waals surface area (Å²) in [6.45, 7) is 2.88. The van der Waals surface area contributed by atoms with Crippen molar-refractivity contribution in [1.29, 1.82) is 0 Å². The Labute approximate surface area is 149 Å². The van der Waals surface area contributed by atoms with Crippen LogP contribution in [-0.4, -0.2) is 64.4 Å². The summed E-state index contributed by atoms with van der Waals surface area (Å²) in [6.07, 6.45) is 4.52. The summed E-state index contributed by atoms with van der Waals surface area (Å²) >= 11 is 0. The van der Waals surface area contributed by atoms with E-state index in [-0.39, 0.29) is 31.8 Å². The molecule has 0 spiro atoms. The number of nitrogens with two attached hydrogens (primary N) is 1. The van der Waals surface area contributed by atoms with Gasteiger partial charge in [0.1, 0.15) is 0 Å². The van der Waals surface area contributed by atoms with E-state index in [1.807, 2.05) is 0 Å². The van der Waals surface area contributed by atoms with E-state index in [1.54, 1.807) is 0 Å². The van der Waals surface area contributed by atoms with Crippen molar-refractivity contribution in [2.24, 2.45) is 5.73 Å². The molecule has 5 N–H and O–H groups in total. The van der Waals surface area contributed by atoms with Gasteiger partial charge in [0.2, 0.25) is 17.7 Å². The zero-order valence-electron chi connectivity index (χ0n) is 15.1. The van der Waals surface area contributed by atoms with Crippen LogP contribution in [0.25, 0.3) is 0 Å². The Morgan fingerprint density at radius 3 is 2.08 bits per heavy atom. The third-order valence-electron chi connectivity index (χ3n) is 3.66. The number of nitrogens with one attached hydrogen (secondary N) is 1. The highest BCUT2D eigenvalue weighted by Crippen LogP contribution is 2.01. The van der Waals surface area contributed by atoms with Gasteiger partial charge in [0.15, 0.2) is 0 Å². The molecular formula is C16H32N4O5. The first kappa shape index (κ1) is 23.3. The zero-order chi connectivity index (χ0) is 19.1. The molecular weight excluding hydrogens is 328 g/mol. The lowest BCUT2D eigenvalue weighted by Gasteiger charge is -2.14. The molecule has 0 aromatic heterocycles. The summed E-state index contributed by atoms with van der Waals surface area (Å²) in [6, 6.07) is 0. The number of rotatable bonds is 14. The smallest absolute Gasteiger partial charge is 0.246 e. The Bertz CT molecular complexity index is 406. The zero-order valence-corrected chi connectivity index (χ0v) is 15.1. The van der Waals surface area contributed by atoms with Crippen LogP contribution in [-0.2, 0) is 14.4 Å². The summed E-state index contributed by atoms with van der Waals surface area (Å²) in [5.74, 6) is -1.09. The van der Waals surface area contributed by atoms with Crippen LogP contribution in [0.5, 0.6) is 0 Å². The second-order valence-electron chi connectivity index (χ2n) is 5.92. The molecule has 0 heterocycles. The molecule has 3 amide bonds. The highest BCUT2D eigenvalue weighted by atomic mass is 16.5. The number of unbranched alkanes of at least 4 members (excludes halogenated alkanes) is 4. The molecule has 0 aromatic carbocycles. The number of amides is 3. The first-order chi connectivity index (χ1) is 11.9. The van der Waals surface area contributed by atoms with Gasteiger partial charge in [0, 0.05) is 39.4 Å². The van der Waals surface area contributed by atoms with Gasteiger partial charge in [-0.1, -0.05) is 6.42 Å². The van der Waals surface area contributed by atoms with Crippen molar-refractivity contribution < 1.29 is 24.8 Å². The van der Waals surface area contributed by atoms with Crippen molar-refractivity contribution in [2.75, 3.05) is 26.2 Å². The molecule has 0 aromatic rings. The second kappa shape index (κ2) is 14.6. The van der Waals surface area contributed by atoms with Gasteiger partial charge in [0.05, 0.1) is 0 Å². The number of hydrogen-bond donors (Lipinski definition) is 4. The van der Waals surface area contributed by atoms with Crippen LogP contribution in [0, 0.1) is 0 Å². The average Bonchev–Trinajstić information content (AvgIpc) is 2.58. The van der Waals surface area contributed by atoms with Gasteiger partial charge in [0.25, 0.3) is 0 Å². The predicted molar refractivity (Wildman–Crippen MR) is 91.7 cm³/mol. The average molecular weight is 360 g/mol. The van der Waals surface area contributed by atoms with Crippen LogP contribution in [0.4, 0.5) is 0 Å². The van der Waals surface area contributed by atoms with Crippen molar-refractivity contribution >= 4 is 17.7 Å². The van der Waals surface area contributed by atoms with E-state index in [4.69, 9.17) is 5.73 Å². The minimum absolute atomic E-state index is 0.0305. The van der Waals surface area contributed by atoms with E-state index >= 15 is 0 Å². The van der Waals surface area contributed by atoms with E-state index in [9.17, 15) is 24.8 Å². The van der Waals surface area contributed by atoms with Gasteiger partial charge >= 0.3 is 0 Å². The van der Waals surface area contributed by atoms with Crippen LogP contribution in [0.3, 0.4) is 0 Å². The summed E-state index contributed by atoms with van der Waals surface area (Å²) in [4.78, 5) is 34.1. The van der Waals surface area contributed by atoms with Crippen molar-refractivity contribution in [3.63, 3.8) is 0 Å². The van der Waals surface area contributed by atoms with Crippen molar-refractivity contribution in [2.45, 2.75) is 58.3 Å². The minimum Gasteiger partial charge on any atom is -0.356 e. The number of nitrogens with zero attached hydrogens (tertiary/aromatic N) is 2. The second-order valence-corrected chi connectivity index (χ2v) is 5.92. The Hall–Kier alpha value is -1.71. The lowest BCUT2D eigenvalue weighted by atomic mass is 10.2. The van der Waals surface area contributed by atoms with E-state index in [2.05, 4.69) is 5.32 Å². The van der Waals surface area contributed by atoms with Crippen molar-refractivity contribution in [1.82, 2.24) is 15.4 Å². The molecule has 0 aliphatic rings. The minimum atomic E-state index is -0.463. The van der Waals surface area contributed by atoms with Gasteiger partial charge in [-0.15, -0.1) is 0 Å². The largest absolute Gasteiger partial charge is 0.356 e. The fraction of sp³-hybridized carbons (Fsp3) is 0.812. The number of hydrogen-bond acceptors (Lipinski definition) is 6. The predicted octanol–water partition coefficient (Wildman–Crippen LogP) is 0.638. The molecule has 0 fully saturated rings. The maximum Gasteiger partial charge on any atom is 0.246 e. The summed E-state index contributed by atoms with van der Waals surface area (Å²) in [5, 5.41) is 22.8. The quantitative estimate of drug-likeness (QED) is 0.204. The molecule has 0 atom stereocenters. The third kappa shape index (κ3) is 13.3. The fourth-order valence-corrected chi connectivity index (χ4v) is 2.09. The van der Waals surface area contributed by atoms with Gasteiger partial charge in [-0.25, -0.2) is 10.1 Å². The molecule has 9 heteroatoms. The van der Waals surface area contributed by atoms with Crippen LogP contribution in [0.2, 0.25) is 0 Å². The lowest BCUT2D eigenvalue weighted by Crippen LogP contribution is -2.31. The molecule has 0 saturated heterocycles. The molecule has 146 valence electrons. The van der Waals surface area contributed by atoms with Crippen molar-refractivity contribution in [3.05, 3.63) is 0 Å². The molecule has 0 aliphatic heterocycles. The Balaban J connectivity index is 3.62. The molecule has 0 bridgehead atoms. The van der Waals surface area contributed by atoms with Crippen molar-refractivity contribution in [3.8, 4) is 0 Å². The van der Waals surface area contributed by atoms with E-state index in [0.29, 0.717) is 36.1 Å². The van der Waals surface area contributed by atoms with Gasteiger partial charge in [-0.2, -0.15) is 0 Å². The summed E-state index contributed by atoms with van der Waals surface area (Å²) in [5.41, 5.74) is 5.36. The summed E-state index contributed by atoms with van der Waals surface area (Å²) < 4.78 is 0. The molecule has 0 unspecified atom stereocenters. The number of carbonyl (C=O) groups excluding carboxylic acids is 3. The molecule has 25 heavy (non-hydrogen) atoms. The van der Waals surface area contributed by atoms with Crippen LogP contribution in [0.1, 0.15) is 58.3 Å². The number of hydroxylamine groups is 4. The first-order valence-electron chi connectivity index (χ1n) is 8.81. The van der Waals surface area contributed by atoms with Crippen LogP contribution < -0.4 is 11.1 Å². The highest BCUT2D eigenvalue weighted by Gasteiger charge is 2.12. The van der Waals surface area contributed by atoms with E-state index in [0.717, 1.165) is 25.7 Å². The van der Waals surface area contributed by atoms with Gasteiger partial charge < -0.3 is 11.1 Å². The van der Waals surface area contributed by atoms with Crippen LogP contribution >= 0.6 is 0 Å². The molecule has 9 nitrogen and oxygen atoms in total. The lowest BCUT2D eigenvalue weighted by molar-refractivity contribution is -0.166. The Morgan fingerprint density at radius 1 is 0.880 bits per heavy atom. The van der Waals surface area contributed by atoms with Crippen LogP contribution in [0.15, 0.2) is 0 Å². The summed E-state index contributed by atoms with van der Waals surface area (Å²) in [7, 11) is 0. The topological polar surface area (TPSA) is 136 Å². The normalized spacial score (nSPS) is 10.4. The van der Waals surface area contributed by atoms with Gasteiger partial charge in [-0.05, 0) is 38.6 Å². The molecule has 0 aliphatic carbocycles. The maximum atomic E-state index is 11.7. The monoisotopic (exact) mass is 360 g/mol. The standard InChI is InChI=1S/C16H32N4O5/c1-14(21)19(24)12-7-3-5-11-18-15(22)8-9-16(23)20(25)13-6-2-4-10-17/h24-25H,2-13,17H2,1H3,(H,18,22). The maximum absolute atomic E-state index is 11.7. The molecule has 0 rings (SSSR count). The van der Waals surface area contributed by atoms with Gasteiger partial charge in [-0.3, -0.25) is 24.8 Å². The Morgan fingerprint density at radius 2 is 1.48 bits per heavy atom. The molecule has 0 saturated carbocycles.